The number of thioether (sulfide) groups is 1. The molecule has 88 valence electrons. The Balaban J connectivity index is 0.00000128. The second-order valence-corrected chi connectivity index (χ2v) is 6.11. The number of nitrogens with zero attached hydrogens (tertiary/aromatic N) is 1. The first-order chi connectivity index (χ1) is 7.15. The summed E-state index contributed by atoms with van der Waals surface area (Å²) in [7, 11) is 0. The van der Waals surface area contributed by atoms with E-state index in [4.69, 9.17) is 17.3 Å². The molecule has 1 heterocycles. The SMILES string of the molecule is C[C@@H](N)CSc1nc2cc(Cl)ccc2s1.Cl. The topological polar surface area (TPSA) is 38.9 Å². The predicted octanol–water partition coefficient (Wildman–Crippen LogP) is 3.81. The Morgan fingerprint density at radius 2 is 2.31 bits per heavy atom. The standard InChI is InChI=1S/C10H11ClN2S2.ClH/c1-6(12)5-14-10-13-8-4-7(11)2-3-9(8)15-10;/h2-4,6H,5,12H2,1H3;1H/t6-;/m1./s1. The van der Waals surface area contributed by atoms with Gasteiger partial charge in [0.1, 0.15) is 0 Å². The summed E-state index contributed by atoms with van der Waals surface area (Å²) in [4.78, 5) is 4.49. The van der Waals surface area contributed by atoms with Crippen molar-refractivity contribution in [3.8, 4) is 0 Å². The smallest absolute Gasteiger partial charge is 0.151 e. The maximum absolute atomic E-state index is 5.89. The lowest BCUT2D eigenvalue weighted by Crippen LogP contribution is -2.17. The molecule has 0 spiro atoms. The molecule has 0 bridgehead atoms. The fourth-order valence-corrected chi connectivity index (χ4v) is 3.27. The van der Waals surface area contributed by atoms with Gasteiger partial charge in [-0.2, -0.15) is 0 Å². The van der Waals surface area contributed by atoms with Gasteiger partial charge in [0, 0.05) is 16.8 Å². The largest absolute Gasteiger partial charge is 0.327 e. The first-order valence-corrected chi connectivity index (χ1v) is 6.77. The van der Waals surface area contributed by atoms with Crippen molar-refractivity contribution in [3.05, 3.63) is 23.2 Å². The molecular formula is C10H12Cl2N2S2. The molecule has 1 aromatic heterocycles. The third kappa shape index (κ3) is 3.50. The number of rotatable bonds is 3. The average Bonchev–Trinajstić information content (AvgIpc) is 2.56. The molecule has 0 saturated heterocycles. The van der Waals surface area contributed by atoms with E-state index < -0.39 is 0 Å². The Labute approximate surface area is 114 Å². The van der Waals surface area contributed by atoms with Crippen molar-refractivity contribution >= 4 is 57.3 Å². The van der Waals surface area contributed by atoms with Crippen LogP contribution in [0.15, 0.2) is 22.5 Å². The molecule has 2 aromatic rings. The first-order valence-electron chi connectivity index (χ1n) is 4.59. The van der Waals surface area contributed by atoms with Crippen molar-refractivity contribution in [2.75, 3.05) is 5.75 Å². The summed E-state index contributed by atoms with van der Waals surface area (Å²) in [6, 6.07) is 5.99. The molecule has 0 aliphatic heterocycles. The molecule has 1 atom stereocenters. The molecule has 2 rings (SSSR count). The van der Waals surface area contributed by atoms with Crippen LogP contribution in [0.1, 0.15) is 6.92 Å². The van der Waals surface area contributed by atoms with E-state index >= 15 is 0 Å². The van der Waals surface area contributed by atoms with Crippen LogP contribution in [0.3, 0.4) is 0 Å². The lowest BCUT2D eigenvalue weighted by Gasteiger charge is -1.99. The highest BCUT2D eigenvalue weighted by atomic mass is 35.5. The third-order valence-corrected chi connectivity index (χ3v) is 4.50. The minimum atomic E-state index is 0. The number of benzene rings is 1. The van der Waals surface area contributed by atoms with Crippen LogP contribution in [-0.2, 0) is 0 Å². The molecular weight excluding hydrogens is 283 g/mol. The summed E-state index contributed by atoms with van der Waals surface area (Å²) in [5, 5.41) is 0.733. The highest BCUT2D eigenvalue weighted by Crippen LogP contribution is 2.30. The molecule has 1 aromatic carbocycles. The van der Waals surface area contributed by atoms with E-state index in [1.165, 1.54) is 4.70 Å². The molecule has 2 nitrogen and oxygen atoms in total. The van der Waals surface area contributed by atoms with Crippen LogP contribution in [0.5, 0.6) is 0 Å². The van der Waals surface area contributed by atoms with Crippen molar-refractivity contribution in [2.45, 2.75) is 17.3 Å². The van der Waals surface area contributed by atoms with Gasteiger partial charge in [-0.05, 0) is 25.1 Å². The van der Waals surface area contributed by atoms with Gasteiger partial charge in [-0.3, -0.25) is 0 Å². The van der Waals surface area contributed by atoms with Gasteiger partial charge in [-0.25, -0.2) is 4.98 Å². The summed E-state index contributed by atoms with van der Waals surface area (Å²) < 4.78 is 2.23. The molecule has 16 heavy (non-hydrogen) atoms. The number of nitrogens with two attached hydrogens (primary N) is 1. The molecule has 2 N–H and O–H groups in total. The van der Waals surface area contributed by atoms with Crippen molar-refractivity contribution in [1.29, 1.82) is 0 Å². The van der Waals surface area contributed by atoms with Crippen LogP contribution in [0.2, 0.25) is 5.02 Å². The number of thiazole rings is 1. The Hall–Kier alpha value is -0.0000000000000000555. The monoisotopic (exact) mass is 294 g/mol. The number of hydrogen-bond acceptors (Lipinski definition) is 4. The summed E-state index contributed by atoms with van der Waals surface area (Å²) in [5.41, 5.74) is 6.67. The quantitative estimate of drug-likeness (QED) is 0.875. The van der Waals surface area contributed by atoms with Gasteiger partial charge < -0.3 is 5.73 Å². The van der Waals surface area contributed by atoms with Crippen molar-refractivity contribution in [3.63, 3.8) is 0 Å². The minimum absolute atomic E-state index is 0. The van der Waals surface area contributed by atoms with Gasteiger partial charge in [0.05, 0.1) is 10.2 Å². The summed E-state index contributed by atoms with van der Waals surface area (Å²) >= 11 is 9.28. The van der Waals surface area contributed by atoms with Crippen molar-refractivity contribution < 1.29 is 0 Å². The van der Waals surface area contributed by atoms with E-state index in [0.717, 1.165) is 20.6 Å². The molecule has 0 unspecified atom stereocenters. The predicted molar refractivity (Wildman–Crippen MR) is 76.3 cm³/mol. The van der Waals surface area contributed by atoms with E-state index in [9.17, 15) is 0 Å². The summed E-state index contributed by atoms with van der Waals surface area (Å²) in [6.07, 6.45) is 0. The fourth-order valence-electron chi connectivity index (χ4n) is 1.14. The Morgan fingerprint density at radius 3 is 3.00 bits per heavy atom. The van der Waals surface area contributed by atoms with E-state index in [2.05, 4.69) is 4.98 Å². The number of fused-ring (bicyclic) bond motifs is 1. The number of hydrogen-bond donors (Lipinski definition) is 1. The van der Waals surface area contributed by atoms with Gasteiger partial charge in [0.15, 0.2) is 4.34 Å². The van der Waals surface area contributed by atoms with Crippen LogP contribution in [-0.4, -0.2) is 16.8 Å². The van der Waals surface area contributed by atoms with Gasteiger partial charge in [-0.15, -0.1) is 23.7 Å². The minimum Gasteiger partial charge on any atom is -0.327 e. The molecule has 6 heteroatoms. The lowest BCUT2D eigenvalue weighted by atomic mass is 10.3. The second kappa shape index (κ2) is 6.07. The normalized spacial score (nSPS) is 12.4. The van der Waals surface area contributed by atoms with Crippen LogP contribution in [0.25, 0.3) is 10.2 Å². The van der Waals surface area contributed by atoms with E-state index in [-0.39, 0.29) is 18.4 Å². The van der Waals surface area contributed by atoms with E-state index in [1.54, 1.807) is 23.1 Å². The Kier molecular flexibility index (Phi) is 5.34. The summed E-state index contributed by atoms with van der Waals surface area (Å²) in [5.74, 6) is 0.896. The zero-order chi connectivity index (χ0) is 10.8. The molecule has 0 radical (unpaired) electrons. The fraction of sp³-hybridized carbons (Fsp3) is 0.300. The highest BCUT2D eigenvalue weighted by Gasteiger charge is 2.05. The van der Waals surface area contributed by atoms with Gasteiger partial charge in [0.2, 0.25) is 0 Å². The van der Waals surface area contributed by atoms with Gasteiger partial charge >= 0.3 is 0 Å². The maximum atomic E-state index is 5.89. The van der Waals surface area contributed by atoms with E-state index in [1.807, 2.05) is 25.1 Å². The first kappa shape index (κ1) is 14.1. The molecule has 0 aliphatic carbocycles. The van der Waals surface area contributed by atoms with Gasteiger partial charge in [0.25, 0.3) is 0 Å². The third-order valence-electron chi connectivity index (χ3n) is 1.80. The molecule has 0 saturated carbocycles. The number of halogens is 2. The van der Waals surface area contributed by atoms with Crippen LogP contribution < -0.4 is 5.73 Å². The van der Waals surface area contributed by atoms with Gasteiger partial charge in [-0.1, -0.05) is 23.4 Å². The summed E-state index contributed by atoms with van der Waals surface area (Å²) in [6.45, 7) is 2.00. The molecule has 0 fully saturated rings. The molecule has 0 amide bonds. The zero-order valence-corrected chi connectivity index (χ0v) is 11.8. The number of aromatic nitrogens is 1. The van der Waals surface area contributed by atoms with Crippen molar-refractivity contribution in [1.82, 2.24) is 4.98 Å². The Bertz CT molecular complexity index is 471. The second-order valence-electron chi connectivity index (χ2n) is 3.38. The maximum Gasteiger partial charge on any atom is 0.151 e. The van der Waals surface area contributed by atoms with Crippen LogP contribution >= 0.6 is 47.1 Å². The van der Waals surface area contributed by atoms with Crippen molar-refractivity contribution in [2.24, 2.45) is 5.73 Å². The highest BCUT2D eigenvalue weighted by molar-refractivity contribution is 8.01. The average molecular weight is 295 g/mol. The molecule has 0 aliphatic rings. The van der Waals surface area contributed by atoms with E-state index in [0.29, 0.717) is 0 Å². The van der Waals surface area contributed by atoms with Crippen LogP contribution in [0.4, 0.5) is 0 Å². The zero-order valence-electron chi connectivity index (χ0n) is 8.64. The Morgan fingerprint density at radius 1 is 1.56 bits per heavy atom. The van der Waals surface area contributed by atoms with Crippen LogP contribution in [0, 0.1) is 0 Å². The lowest BCUT2D eigenvalue weighted by molar-refractivity contribution is 0.847.